The van der Waals surface area contributed by atoms with Crippen LogP contribution in [0.5, 0.6) is 11.5 Å². The Bertz CT molecular complexity index is 958. The van der Waals surface area contributed by atoms with E-state index in [-0.39, 0.29) is 23.8 Å². The Hall–Kier alpha value is -2.00. The quantitative estimate of drug-likeness (QED) is 0.301. The number of thioether (sulfide) groups is 1. The summed E-state index contributed by atoms with van der Waals surface area (Å²) in [7, 11) is 0. The summed E-state index contributed by atoms with van der Waals surface area (Å²) in [6.07, 6.45) is 2.70. The van der Waals surface area contributed by atoms with Gasteiger partial charge in [-0.15, -0.1) is 0 Å². The van der Waals surface area contributed by atoms with Crippen LogP contribution in [-0.2, 0) is 11.3 Å². The van der Waals surface area contributed by atoms with Crippen molar-refractivity contribution in [2.75, 3.05) is 6.61 Å². The van der Waals surface area contributed by atoms with Crippen LogP contribution in [0.4, 0.5) is 4.79 Å². The molecule has 0 spiro atoms. The molecular weight excluding hydrogens is 513 g/mol. The van der Waals surface area contributed by atoms with E-state index in [2.05, 4.69) is 29.5 Å². The third-order valence-corrected chi connectivity index (χ3v) is 6.22. The van der Waals surface area contributed by atoms with Crippen LogP contribution in [0.2, 0.25) is 0 Å². The molecule has 30 heavy (non-hydrogen) atoms. The van der Waals surface area contributed by atoms with Gasteiger partial charge in [0, 0.05) is 3.57 Å². The van der Waals surface area contributed by atoms with Crippen molar-refractivity contribution >= 4 is 51.6 Å². The number of hydrogen-bond acceptors (Lipinski definition) is 5. The van der Waals surface area contributed by atoms with Crippen molar-refractivity contribution in [2.45, 2.75) is 39.8 Å². The highest BCUT2D eigenvalue weighted by Crippen LogP contribution is 2.35. The summed E-state index contributed by atoms with van der Waals surface area (Å²) in [6, 6.07) is 13.3. The van der Waals surface area contributed by atoms with E-state index >= 15 is 0 Å². The lowest BCUT2D eigenvalue weighted by atomic mass is 10.1. The first-order chi connectivity index (χ1) is 14.4. The van der Waals surface area contributed by atoms with Gasteiger partial charge in [-0.25, -0.2) is 0 Å². The molecule has 0 aromatic heterocycles. The molecule has 0 aliphatic carbocycles. The molecule has 0 bridgehead atoms. The highest BCUT2D eigenvalue weighted by Gasteiger charge is 2.35. The van der Waals surface area contributed by atoms with Crippen molar-refractivity contribution in [1.29, 1.82) is 0 Å². The van der Waals surface area contributed by atoms with Gasteiger partial charge in [-0.2, -0.15) is 0 Å². The van der Waals surface area contributed by atoms with Crippen molar-refractivity contribution in [3.05, 3.63) is 62.1 Å². The second-order valence-corrected chi connectivity index (χ2v) is 9.11. The van der Waals surface area contributed by atoms with E-state index in [0.29, 0.717) is 23.0 Å². The zero-order valence-corrected chi connectivity index (χ0v) is 20.2. The lowest BCUT2D eigenvalue weighted by Crippen LogP contribution is -2.27. The average Bonchev–Trinajstić information content (AvgIpc) is 2.99. The number of ether oxygens (including phenoxy) is 2. The van der Waals surface area contributed by atoms with Gasteiger partial charge in [-0.05, 0) is 96.1 Å². The number of amides is 2. The average molecular weight is 537 g/mol. The molecule has 2 aromatic carbocycles. The molecule has 0 radical (unpaired) electrons. The molecule has 0 N–H and O–H groups in total. The Balaban J connectivity index is 1.80. The van der Waals surface area contributed by atoms with Gasteiger partial charge in [0.1, 0.15) is 0 Å². The molecule has 5 nitrogen and oxygen atoms in total. The molecule has 1 atom stereocenters. The van der Waals surface area contributed by atoms with E-state index < -0.39 is 0 Å². The number of carbonyl (C=O) groups is 2. The van der Waals surface area contributed by atoms with Crippen molar-refractivity contribution in [1.82, 2.24) is 4.90 Å². The minimum Gasteiger partial charge on any atom is -0.490 e. The van der Waals surface area contributed by atoms with Gasteiger partial charge >= 0.3 is 0 Å². The molecule has 1 saturated heterocycles. The monoisotopic (exact) mass is 537 g/mol. The first-order valence-corrected chi connectivity index (χ1v) is 11.7. The SMILES string of the molecule is CCOc1cc(/C=C2\SC(=O)N(Cc3ccc(I)cc3)C2=O)ccc1OC(C)CC. The van der Waals surface area contributed by atoms with Crippen molar-refractivity contribution in [2.24, 2.45) is 0 Å². The van der Waals surface area contributed by atoms with Gasteiger partial charge in [0.2, 0.25) is 0 Å². The maximum Gasteiger partial charge on any atom is 0.293 e. The van der Waals surface area contributed by atoms with Crippen LogP contribution >= 0.6 is 34.4 Å². The normalized spacial score (nSPS) is 16.3. The summed E-state index contributed by atoms with van der Waals surface area (Å²) in [5, 5.41) is -0.258. The fraction of sp³-hybridized carbons (Fsp3) is 0.304. The van der Waals surface area contributed by atoms with E-state index in [4.69, 9.17) is 9.47 Å². The van der Waals surface area contributed by atoms with Crippen LogP contribution < -0.4 is 9.47 Å². The Morgan fingerprint density at radius 1 is 1.10 bits per heavy atom. The van der Waals surface area contributed by atoms with Gasteiger partial charge < -0.3 is 9.47 Å². The first-order valence-electron chi connectivity index (χ1n) is 9.84. The predicted molar refractivity (Wildman–Crippen MR) is 129 cm³/mol. The Morgan fingerprint density at radius 2 is 1.83 bits per heavy atom. The standard InChI is InChI=1S/C23H24INO4S/c1-4-15(3)29-19-11-8-17(12-20(19)28-5-2)13-21-22(26)25(23(27)30-21)14-16-6-9-18(24)10-7-16/h6-13,15H,4-5,14H2,1-3H3/b21-13-. The van der Waals surface area contributed by atoms with Crippen LogP contribution in [0.1, 0.15) is 38.3 Å². The highest BCUT2D eigenvalue weighted by molar-refractivity contribution is 14.1. The van der Waals surface area contributed by atoms with Crippen LogP contribution in [0.3, 0.4) is 0 Å². The third-order valence-electron chi connectivity index (χ3n) is 4.60. The summed E-state index contributed by atoms with van der Waals surface area (Å²) in [6.45, 7) is 6.76. The van der Waals surface area contributed by atoms with Gasteiger partial charge in [0.25, 0.3) is 11.1 Å². The molecule has 1 aliphatic heterocycles. The minimum atomic E-state index is -0.276. The lowest BCUT2D eigenvalue weighted by Gasteiger charge is -2.16. The Labute approximate surface area is 195 Å². The number of carbonyl (C=O) groups excluding carboxylic acids is 2. The number of hydrogen-bond donors (Lipinski definition) is 0. The summed E-state index contributed by atoms with van der Waals surface area (Å²) >= 11 is 3.19. The zero-order chi connectivity index (χ0) is 21.7. The molecule has 7 heteroatoms. The summed E-state index contributed by atoms with van der Waals surface area (Å²) in [5.41, 5.74) is 1.71. The first kappa shape index (κ1) is 22.7. The molecule has 0 saturated carbocycles. The van der Waals surface area contributed by atoms with Crippen LogP contribution in [0.25, 0.3) is 6.08 Å². The maximum absolute atomic E-state index is 12.8. The molecule has 3 rings (SSSR count). The number of rotatable bonds is 8. The van der Waals surface area contributed by atoms with Crippen LogP contribution in [-0.4, -0.2) is 28.8 Å². The lowest BCUT2D eigenvalue weighted by molar-refractivity contribution is -0.123. The largest absolute Gasteiger partial charge is 0.490 e. The zero-order valence-electron chi connectivity index (χ0n) is 17.2. The number of imide groups is 1. The molecule has 2 aromatic rings. The molecule has 1 fully saturated rings. The van der Waals surface area contributed by atoms with Gasteiger partial charge in [-0.3, -0.25) is 14.5 Å². The smallest absolute Gasteiger partial charge is 0.293 e. The predicted octanol–water partition coefficient (Wildman–Crippen LogP) is 6.10. The number of halogens is 1. The van der Waals surface area contributed by atoms with E-state index in [1.165, 1.54) is 4.90 Å². The fourth-order valence-corrected chi connectivity index (χ4v) is 4.04. The van der Waals surface area contributed by atoms with Crippen LogP contribution in [0, 0.1) is 3.57 Å². The van der Waals surface area contributed by atoms with Crippen molar-refractivity contribution < 1.29 is 19.1 Å². The van der Waals surface area contributed by atoms with E-state index in [0.717, 1.165) is 32.9 Å². The second kappa shape index (κ2) is 10.3. The molecule has 1 heterocycles. The fourth-order valence-electron chi connectivity index (χ4n) is 2.84. The topological polar surface area (TPSA) is 55.8 Å². The minimum absolute atomic E-state index is 0.0767. The van der Waals surface area contributed by atoms with E-state index in [1.807, 2.05) is 56.3 Å². The summed E-state index contributed by atoms with van der Waals surface area (Å²) in [4.78, 5) is 26.9. The molecule has 1 aliphatic rings. The van der Waals surface area contributed by atoms with Crippen molar-refractivity contribution in [3.63, 3.8) is 0 Å². The molecule has 2 amide bonds. The second-order valence-electron chi connectivity index (χ2n) is 6.87. The maximum atomic E-state index is 12.8. The Kier molecular flexibility index (Phi) is 7.82. The third kappa shape index (κ3) is 5.57. The highest BCUT2D eigenvalue weighted by atomic mass is 127. The van der Waals surface area contributed by atoms with Crippen molar-refractivity contribution in [3.8, 4) is 11.5 Å². The van der Waals surface area contributed by atoms with Crippen LogP contribution in [0.15, 0.2) is 47.4 Å². The number of benzene rings is 2. The van der Waals surface area contributed by atoms with E-state index in [1.54, 1.807) is 6.08 Å². The Morgan fingerprint density at radius 3 is 2.50 bits per heavy atom. The molecular formula is C23H24INO4S. The molecule has 158 valence electrons. The number of nitrogens with zero attached hydrogens (tertiary/aromatic N) is 1. The summed E-state index contributed by atoms with van der Waals surface area (Å²) < 4.78 is 12.8. The molecule has 1 unspecified atom stereocenters. The van der Waals surface area contributed by atoms with E-state index in [9.17, 15) is 9.59 Å². The van der Waals surface area contributed by atoms with Gasteiger partial charge in [-0.1, -0.05) is 25.1 Å². The summed E-state index contributed by atoms with van der Waals surface area (Å²) in [5.74, 6) is 1.03. The van der Waals surface area contributed by atoms with Gasteiger partial charge in [0.05, 0.1) is 24.2 Å². The van der Waals surface area contributed by atoms with Gasteiger partial charge in [0.15, 0.2) is 11.5 Å².